The molecule has 0 saturated heterocycles. The molecule has 1 rings (SSSR count). The molecule has 2 heteroatoms. The molecule has 0 aliphatic heterocycles. The summed E-state index contributed by atoms with van der Waals surface area (Å²) in [5, 5.41) is 0. The normalized spacial score (nSPS) is 19.3. The van der Waals surface area contributed by atoms with Crippen LogP contribution >= 0.6 is 0 Å². The first kappa shape index (κ1) is 19.0. The van der Waals surface area contributed by atoms with Gasteiger partial charge in [-0.2, -0.15) is 0 Å². The number of ether oxygens (including phenoxy) is 1. The highest BCUT2D eigenvalue weighted by molar-refractivity contribution is 5.82. The molecule has 0 atom stereocenters. The molecular formula is C20H34O2. The Morgan fingerprint density at radius 1 is 0.864 bits per heavy atom. The highest BCUT2D eigenvalue weighted by atomic mass is 16.6. The van der Waals surface area contributed by atoms with Crippen LogP contribution < -0.4 is 0 Å². The zero-order valence-corrected chi connectivity index (χ0v) is 14.8. The topological polar surface area (TPSA) is 26.3 Å². The third-order valence-corrected chi connectivity index (χ3v) is 3.97. The van der Waals surface area contributed by atoms with E-state index in [1.54, 1.807) is 6.08 Å². The van der Waals surface area contributed by atoms with Crippen molar-refractivity contribution >= 4 is 5.97 Å². The fraction of sp³-hybridized carbons (Fsp3) is 0.750. The van der Waals surface area contributed by atoms with Crippen LogP contribution in [0.25, 0.3) is 0 Å². The fourth-order valence-corrected chi connectivity index (χ4v) is 2.83. The summed E-state index contributed by atoms with van der Waals surface area (Å²) in [5.41, 5.74) is 1.07. The second kappa shape index (κ2) is 10.6. The van der Waals surface area contributed by atoms with Gasteiger partial charge in [0.25, 0.3) is 0 Å². The van der Waals surface area contributed by atoms with Gasteiger partial charge in [-0.15, -0.1) is 0 Å². The van der Waals surface area contributed by atoms with Gasteiger partial charge >= 0.3 is 5.97 Å². The van der Waals surface area contributed by atoms with Crippen LogP contribution in [0, 0.1) is 0 Å². The maximum absolute atomic E-state index is 11.7. The number of carbonyl (C=O) groups excluding carboxylic acids is 1. The molecule has 0 aromatic heterocycles. The molecule has 0 spiro atoms. The van der Waals surface area contributed by atoms with Crippen molar-refractivity contribution in [2.24, 2.45) is 0 Å². The molecule has 0 radical (unpaired) electrons. The summed E-state index contributed by atoms with van der Waals surface area (Å²) in [6.07, 6.45) is 20.1. The van der Waals surface area contributed by atoms with Crippen molar-refractivity contribution < 1.29 is 9.53 Å². The van der Waals surface area contributed by atoms with Gasteiger partial charge in [0.15, 0.2) is 0 Å². The molecule has 2 nitrogen and oxygen atoms in total. The molecule has 22 heavy (non-hydrogen) atoms. The number of rotatable bonds is 2. The average Bonchev–Trinajstić information content (AvgIpc) is 2.39. The first-order chi connectivity index (χ1) is 10.5. The smallest absolute Gasteiger partial charge is 0.331 e. The SMILES string of the molecule is CC(C)(C)OC(=O)/C=C\C=C1CCCCCCCCCCC1. The summed E-state index contributed by atoms with van der Waals surface area (Å²) < 4.78 is 5.28. The molecule has 0 unspecified atom stereocenters. The summed E-state index contributed by atoms with van der Waals surface area (Å²) in [6.45, 7) is 5.68. The van der Waals surface area contributed by atoms with Crippen molar-refractivity contribution in [2.75, 3.05) is 0 Å². The summed E-state index contributed by atoms with van der Waals surface area (Å²) in [4.78, 5) is 11.7. The van der Waals surface area contributed by atoms with Crippen LogP contribution in [0.1, 0.15) is 91.4 Å². The lowest BCUT2D eigenvalue weighted by Gasteiger charge is -2.17. The standard InChI is InChI=1S/C20H34O2/c1-20(2,3)22-19(21)17-13-16-18-14-11-9-7-5-4-6-8-10-12-15-18/h13,16-17H,4-12,14-15H2,1-3H3/b17-13-. The van der Waals surface area contributed by atoms with E-state index in [0.29, 0.717) is 0 Å². The van der Waals surface area contributed by atoms with E-state index in [4.69, 9.17) is 4.74 Å². The van der Waals surface area contributed by atoms with Gasteiger partial charge < -0.3 is 4.74 Å². The molecule has 1 aliphatic rings. The van der Waals surface area contributed by atoms with E-state index in [9.17, 15) is 4.79 Å². The summed E-state index contributed by atoms with van der Waals surface area (Å²) >= 11 is 0. The predicted molar refractivity (Wildman–Crippen MR) is 93.9 cm³/mol. The number of esters is 1. The largest absolute Gasteiger partial charge is 0.457 e. The minimum Gasteiger partial charge on any atom is -0.457 e. The van der Waals surface area contributed by atoms with Crippen molar-refractivity contribution in [3.05, 3.63) is 23.8 Å². The molecule has 0 heterocycles. The Morgan fingerprint density at radius 3 is 1.77 bits per heavy atom. The van der Waals surface area contributed by atoms with Crippen LogP contribution in [0.2, 0.25) is 0 Å². The molecule has 0 aromatic carbocycles. The minimum absolute atomic E-state index is 0.252. The van der Waals surface area contributed by atoms with E-state index in [-0.39, 0.29) is 5.97 Å². The first-order valence-electron chi connectivity index (χ1n) is 9.06. The van der Waals surface area contributed by atoms with Gasteiger partial charge in [-0.1, -0.05) is 62.7 Å². The maximum Gasteiger partial charge on any atom is 0.331 e. The molecule has 126 valence electrons. The van der Waals surface area contributed by atoms with E-state index in [2.05, 4.69) is 6.08 Å². The van der Waals surface area contributed by atoms with E-state index >= 15 is 0 Å². The number of carbonyl (C=O) groups is 1. The van der Waals surface area contributed by atoms with Crippen LogP contribution in [0.3, 0.4) is 0 Å². The first-order valence-corrected chi connectivity index (χ1v) is 9.06. The third kappa shape index (κ3) is 10.6. The van der Waals surface area contributed by atoms with Crippen molar-refractivity contribution in [2.45, 2.75) is 97.0 Å². The lowest BCUT2D eigenvalue weighted by Crippen LogP contribution is -2.22. The second-order valence-corrected chi connectivity index (χ2v) is 7.40. The molecule has 0 N–H and O–H groups in total. The van der Waals surface area contributed by atoms with E-state index in [1.165, 1.54) is 76.2 Å². The maximum atomic E-state index is 11.7. The van der Waals surface area contributed by atoms with Gasteiger partial charge in [-0.05, 0) is 46.5 Å². The quantitative estimate of drug-likeness (QED) is 0.454. The molecule has 0 aromatic rings. The Kier molecular flexibility index (Phi) is 9.19. The van der Waals surface area contributed by atoms with E-state index in [0.717, 1.165) is 0 Å². The van der Waals surface area contributed by atoms with Crippen molar-refractivity contribution in [1.82, 2.24) is 0 Å². The van der Waals surface area contributed by atoms with E-state index in [1.807, 2.05) is 26.8 Å². The van der Waals surface area contributed by atoms with Gasteiger partial charge in [0.2, 0.25) is 0 Å². The Hall–Kier alpha value is -1.05. The molecule has 1 saturated carbocycles. The Balaban J connectivity index is 2.47. The summed E-state index contributed by atoms with van der Waals surface area (Å²) in [5.74, 6) is -0.252. The summed E-state index contributed by atoms with van der Waals surface area (Å²) in [7, 11) is 0. The highest BCUT2D eigenvalue weighted by Crippen LogP contribution is 2.20. The predicted octanol–water partition coefficient (Wildman–Crippen LogP) is 6.12. The van der Waals surface area contributed by atoms with Gasteiger partial charge in [0.05, 0.1) is 0 Å². The summed E-state index contributed by atoms with van der Waals surface area (Å²) in [6, 6.07) is 0. The lowest BCUT2D eigenvalue weighted by atomic mass is 9.97. The minimum atomic E-state index is -0.415. The number of hydrogen-bond donors (Lipinski definition) is 0. The van der Waals surface area contributed by atoms with Crippen LogP contribution in [0.4, 0.5) is 0 Å². The Morgan fingerprint density at radius 2 is 1.32 bits per heavy atom. The zero-order chi connectivity index (χ0) is 16.3. The van der Waals surface area contributed by atoms with Crippen molar-refractivity contribution in [3.63, 3.8) is 0 Å². The molecule has 1 aliphatic carbocycles. The fourth-order valence-electron chi connectivity index (χ4n) is 2.83. The lowest BCUT2D eigenvalue weighted by molar-refractivity contribution is -0.148. The van der Waals surface area contributed by atoms with Crippen LogP contribution in [0.5, 0.6) is 0 Å². The van der Waals surface area contributed by atoms with Gasteiger partial charge in [-0.25, -0.2) is 4.79 Å². The van der Waals surface area contributed by atoms with Crippen molar-refractivity contribution in [1.29, 1.82) is 0 Å². The molecule has 0 amide bonds. The zero-order valence-electron chi connectivity index (χ0n) is 14.8. The number of hydrogen-bond acceptors (Lipinski definition) is 2. The molecular weight excluding hydrogens is 272 g/mol. The van der Waals surface area contributed by atoms with Gasteiger partial charge in [0, 0.05) is 6.08 Å². The van der Waals surface area contributed by atoms with Crippen molar-refractivity contribution in [3.8, 4) is 0 Å². The second-order valence-electron chi connectivity index (χ2n) is 7.40. The number of allylic oxidation sites excluding steroid dienone is 3. The van der Waals surface area contributed by atoms with Crippen LogP contribution in [-0.2, 0) is 9.53 Å². The van der Waals surface area contributed by atoms with Gasteiger partial charge in [0.1, 0.15) is 5.60 Å². The van der Waals surface area contributed by atoms with E-state index < -0.39 is 5.60 Å². The third-order valence-electron chi connectivity index (χ3n) is 3.97. The Bertz CT molecular complexity index is 358. The Labute approximate surface area is 137 Å². The van der Waals surface area contributed by atoms with Gasteiger partial charge in [-0.3, -0.25) is 0 Å². The molecule has 0 bridgehead atoms. The molecule has 1 fully saturated rings. The van der Waals surface area contributed by atoms with Crippen LogP contribution in [0.15, 0.2) is 23.8 Å². The van der Waals surface area contributed by atoms with Crippen LogP contribution in [-0.4, -0.2) is 11.6 Å². The monoisotopic (exact) mass is 306 g/mol. The average molecular weight is 306 g/mol. The highest BCUT2D eigenvalue weighted by Gasteiger charge is 2.13.